The number of carboxylic acid groups (broad SMARTS) is 1. The third-order valence-electron chi connectivity index (χ3n) is 5.66. The Morgan fingerprint density at radius 2 is 1.90 bits per heavy atom. The summed E-state index contributed by atoms with van der Waals surface area (Å²) >= 11 is 0. The minimum Gasteiger partial charge on any atom is -0.497 e. The second kappa shape index (κ2) is 10.7. The molecule has 2 atom stereocenters. The summed E-state index contributed by atoms with van der Waals surface area (Å²) in [5.74, 6) is 0.898. The summed E-state index contributed by atoms with van der Waals surface area (Å²) in [6.07, 6.45) is 2.15. The molecule has 9 nitrogen and oxygen atoms in total. The maximum absolute atomic E-state index is 13.4. The molecule has 0 spiro atoms. The van der Waals surface area contributed by atoms with E-state index >= 15 is 0 Å². The van der Waals surface area contributed by atoms with Crippen LogP contribution in [0.2, 0.25) is 0 Å². The number of likely N-dealkylation sites (tertiary alicyclic amines) is 1. The number of hydrogen-bond acceptors (Lipinski definition) is 6. The maximum atomic E-state index is 13.4. The van der Waals surface area contributed by atoms with Gasteiger partial charge in [-0.25, -0.2) is 4.79 Å². The number of piperidine rings is 1. The molecule has 2 aliphatic rings. The molecule has 1 aliphatic heterocycles. The molecule has 172 valence electrons. The van der Waals surface area contributed by atoms with Gasteiger partial charge in [0.05, 0.1) is 19.6 Å². The van der Waals surface area contributed by atoms with Crippen molar-refractivity contribution in [3.8, 4) is 11.5 Å². The number of ether oxygens (including phenoxy) is 3. The Labute approximate surface area is 183 Å². The molecule has 0 aromatic heterocycles. The molecule has 1 aromatic rings. The number of rotatable bonds is 10. The number of amides is 2. The smallest absolute Gasteiger partial charge is 0.407 e. The van der Waals surface area contributed by atoms with Crippen LogP contribution < -0.4 is 15.2 Å². The maximum Gasteiger partial charge on any atom is 0.407 e. The summed E-state index contributed by atoms with van der Waals surface area (Å²) in [5.41, 5.74) is 6.96. The number of hydrogen-bond donors (Lipinski definition) is 2. The Morgan fingerprint density at radius 3 is 2.55 bits per heavy atom. The Kier molecular flexibility index (Phi) is 7.97. The SMILES string of the molecule is COCCCOc1cc(CN(C(=O)[C@H]2C[C@@H](N)CN(C(=O)O)C2)C2CC2)cc(OC)c1. The third kappa shape index (κ3) is 6.48. The highest BCUT2D eigenvalue weighted by Crippen LogP contribution is 2.33. The summed E-state index contributed by atoms with van der Waals surface area (Å²) in [6, 6.07) is 5.50. The van der Waals surface area contributed by atoms with Gasteiger partial charge >= 0.3 is 6.09 Å². The van der Waals surface area contributed by atoms with E-state index in [4.69, 9.17) is 19.9 Å². The fourth-order valence-electron chi connectivity index (χ4n) is 3.99. The van der Waals surface area contributed by atoms with Crippen molar-refractivity contribution in [3.63, 3.8) is 0 Å². The van der Waals surface area contributed by atoms with Crippen molar-refractivity contribution in [2.24, 2.45) is 11.7 Å². The lowest BCUT2D eigenvalue weighted by Gasteiger charge is -2.36. The molecule has 31 heavy (non-hydrogen) atoms. The van der Waals surface area contributed by atoms with E-state index in [1.54, 1.807) is 14.2 Å². The standard InChI is InChI=1S/C22H33N3O6/c1-29-6-3-7-31-20-9-15(8-19(11-20)30-2)12-25(18-4-5-18)21(26)16-10-17(23)14-24(13-16)22(27)28/h8-9,11,16-18H,3-7,10,12-14,23H2,1-2H3,(H,27,28)/t16-,17+/m0/s1. The predicted octanol–water partition coefficient (Wildman–Crippen LogP) is 1.93. The highest BCUT2D eigenvalue weighted by molar-refractivity contribution is 5.81. The van der Waals surface area contributed by atoms with Crippen LogP contribution in [0.15, 0.2) is 18.2 Å². The first-order valence-corrected chi connectivity index (χ1v) is 10.7. The van der Waals surface area contributed by atoms with Gasteiger partial charge in [0.2, 0.25) is 5.91 Å². The fraction of sp³-hybridized carbons (Fsp3) is 0.636. The first-order chi connectivity index (χ1) is 14.9. The number of benzene rings is 1. The van der Waals surface area contributed by atoms with Crippen molar-refractivity contribution in [3.05, 3.63) is 23.8 Å². The molecule has 0 radical (unpaired) electrons. The van der Waals surface area contributed by atoms with Gasteiger partial charge in [-0.3, -0.25) is 4.79 Å². The average Bonchev–Trinajstić information content (AvgIpc) is 3.59. The number of nitrogens with zero attached hydrogens (tertiary/aromatic N) is 2. The van der Waals surface area contributed by atoms with Crippen LogP contribution >= 0.6 is 0 Å². The van der Waals surface area contributed by atoms with E-state index in [2.05, 4.69) is 0 Å². The van der Waals surface area contributed by atoms with Crippen LogP contribution in [0.5, 0.6) is 11.5 Å². The Bertz CT molecular complexity index is 770. The number of methoxy groups -OCH3 is 2. The second-order valence-electron chi connectivity index (χ2n) is 8.29. The highest BCUT2D eigenvalue weighted by atomic mass is 16.5. The van der Waals surface area contributed by atoms with Crippen LogP contribution in [0.3, 0.4) is 0 Å². The quantitative estimate of drug-likeness (QED) is 0.540. The van der Waals surface area contributed by atoms with E-state index in [0.717, 1.165) is 24.8 Å². The monoisotopic (exact) mass is 435 g/mol. The van der Waals surface area contributed by atoms with Crippen LogP contribution in [-0.2, 0) is 16.1 Å². The van der Waals surface area contributed by atoms with Gasteiger partial charge in [0, 0.05) is 57.9 Å². The van der Waals surface area contributed by atoms with Crippen LogP contribution in [0.1, 0.15) is 31.2 Å². The molecule has 2 amide bonds. The molecular formula is C22H33N3O6. The van der Waals surface area contributed by atoms with Crippen molar-refractivity contribution in [1.29, 1.82) is 0 Å². The van der Waals surface area contributed by atoms with E-state index in [1.165, 1.54) is 4.90 Å². The van der Waals surface area contributed by atoms with Crippen molar-refractivity contribution >= 4 is 12.0 Å². The first kappa shape index (κ1) is 23.1. The third-order valence-corrected chi connectivity index (χ3v) is 5.66. The molecule has 9 heteroatoms. The molecule has 0 unspecified atom stereocenters. The van der Waals surface area contributed by atoms with Crippen molar-refractivity contribution in [2.75, 3.05) is 40.5 Å². The topological polar surface area (TPSA) is 115 Å². The second-order valence-corrected chi connectivity index (χ2v) is 8.29. The van der Waals surface area contributed by atoms with Crippen LogP contribution in [-0.4, -0.2) is 79.5 Å². The molecule has 3 N–H and O–H groups in total. The lowest BCUT2D eigenvalue weighted by atomic mass is 9.93. The highest BCUT2D eigenvalue weighted by Gasteiger charge is 2.39. The molecule has 1 aromatic carbocycles. The number of carbonyl (C=O) groups is 2. The Balaban J connectivity index is 1.72. The predicted molar refractivity (Wildman–Crippen MR) is 114 cm³/mol. The van der Waals surface area contributed by atoms with Crippen molar-refractivity contribution in [2.45, 2.75) is 44.3 Å². The molecule has 1 saturated heterocycles. The van der Waals surface area contributed by atoms with Gasteiger partial charge in [-0.05, 0) is 37.0 Å². The zero-order valence-corrected chi connectivity index (χ0v) is 18.3. The van der Waals surface area contributed by atoms with Crippen molar-refractivity contribution < 1.29 is 28.9 Å². The van der Waals surface area contributed by atoms with Gasteiger partial charge in [0.25, 0.3) is 0 Å². The van der Waals surface area contributed by atoms with Gasteiger partial charge in [0.1, 0.15) is 11.5 Å². The molecule has 1 aliphatic carbocycles. The van der Waals surface area contributed by atoms with E-state index in [-0.39, 0.29) is 31.1 Å². The largest absolute Gasteiger partial charge is 0.497 e. The van der Waals surface area contributed by atoms with Crippen molar-refractivity contribution in [1.82, 2.24) is 9.80 Å². The van der Waals surface area contributed by atoms with Gasteiger partial charge < -0.3 is 34.9 Å². The molecule has 0 bridgehead atoms. The van der Waals surface area contributed by atoms with E-state index in [9.17, 15) is 14.7 Å². The van der Waals surface area contributed by atoms with Gasteiger partial charge in [-0.2, -0.15) is 0 Å². The normalized spacial score (nSPS) is 20.9. The van der Waals surface area contributed by atoms with Crippen LogP contribution in [0.4, 0.5) is 4.79 Å². The summed E-state index contributed by atoms with van der Waals surface area (Å²) in [6.45, 7) is 2.03. The van der Waals surface area contributed by atoms with Gasteiger partial charge in [-0.15, -0.1) is 0 Å². The summed E-state index contributed by atoms with van der Waals surface area (Å²) < 4.78 is 16.3. The Hall–Kier alpha value is -2.52. The fourth-order valence-corrected chi connectivity index (χ4v) is 3.99. The minimum absolute atomic E-state index is 0.0331. The lowest BCUT2D eigenvalue weighted by Crippen LogP contribution is -2.53. The summed E-state index contributed by atoms with van der Waals surface area (Å²) in [4.78, 5) is 27.9. The molecule has 1 heterocycles. The first-order valence-electron chi connectivity index (χ1n) is 10.7. The van der Waals surface area contributed by atoms with E-state index in [1.807, 2.05) is 23.1 Å². The summed E-state index contributed by atoms with van der Waals surface area (Å²) in [7, 11) is 3.25. The van der Waals surface area contributed by atoms with E-state index in [0.29, 0.717) is 37.7 Å². The molecule has 2 fully saturated rings. The molecule has 3 rings (SSSR count). The Morgan fingerprint density at radius 1 is 1.16 bits per heavy atom. The van der Waals surface area contributed by atoms with Crippen LogP contribution in [0.25, 0.3) is 0 Å². The van der Waals surface area contributed by atoms with Gasteiger partial charge in [0.15, 0.2) is 0 Å². The van der Waals surface area contributed by atoms with E-state index < -0.39 is 12.0 Å². The minimum atomic E-state index is -1.03. The molecular weight excluding hydrogens is 402 g/mol. The zero-order chi connectivity index (χ0) is 22.4. The summed E-state index contributed by atoms with van der Waals surface area (Å²) in [5, 5.41) is 9.35. The van der Waals surface area contributed by atoms with Crippen LogP contribution in [0, 0.1) is 5.92 Å². The molecule has 1 saturated carbocycles. The average molecular weight is 436 g/mol. The zero-order valence-electron chi connectivity index (χ0n) is 18.3. The lowest BCUT2D eigenvalue weighted by molar-refractivity contribution is -0.138. The number of nitrogens with two attached hydrogens (primary N) is 1. The van der Waals surface area contributed by atoms with Gasteiger partial charge in [-0.1, -0.05) is 0 Å². The number of carbonyl (C=O) groups excluding carboxylic acids is 1.